The molecule has 4 aromatic rings. The van der Waals surface area contributed by atoms with Gasteiger partial charge in [0.05, 0.1) is 10.5 Å². The van der Waals surface area contributed by atoms with Crippen LogP contribution >= 0.6 is 23.2 Å². The van der Waals surface area contributed by atoms with Crippen LogP contribution in [0.1, 0.15) is 28.9 Å². The molecule has 2 heterocycles. The summed E-state index contributed by atoms with van der Waals surface area (Å²) >= 11 is 12.3. The van der Waals surface area contributed by atoms with Crippen molar-refractivity contribution in [3.05, 3.63) is 87.9 Å². The highest BCUT2D eigenvalue weighted by Gasteiger charge is 2.20. The number of primary amides is 1. The summed E-state index contributed by atoms with van der Waals surface area (Å²) in [7, 11) is 0. The van der Waals surface area contributed by atoms with E-state index in [1.54, 1.807) is 43.6 Å². The van der Waals surface area contributed by atoms with Crippen molar-refractivity contribution in [1.82, 2.24) is 9.71 Å². The SMILES string of the molecule is CC(On1ccc2ncc(-c3cccc(C(N)=O)c3)cc21)c1c(Cl)ccc(F)c1Cl. The summed E-state index contributed by atoms with van der Waals surface area (Å²) in [6.45, 7) is 1.73. The minimum absolute atomic E-state index is 0.0754. The van der Waals surface area contributed by atoms with Crippen LogP contribution in [-0.4, -0.2) is 15.6 Å². The molecule has 0 saturated carbocycles. The first-order valence-electron chi connectivity index (χ1n) is 9.03. The molecular formula is C22H16Cl2FN3O2. The molecule has 1 unspecified atom stereocenters. The summed E-state index contributed by atoms with van der Waals surface area (Å²) in [4.78, 5) is 21.9. The molecule has 0 aliphatic carbocycles. The van der Waals surface area contributed by atoms with E-state index in [1.807, 2.05) is 12.1 Å². The highest BCUT2D eigenvalue weighted by molar-refractivity contribution is 6.36. The van der Waals surface area contributed by atoms with Crippen LogP contribution in [0, 0.1) is 5.82 Å². The van der Waals surface area contributed by atoms with Gasteiger partial charge < -0.3 is 10.6 Å². The molecule has 2 N–H and O–H groups in total. The van der Waals surface area contributed by atoms with Crippen molar-refractivity contribution in [2.45, 2.75) is 13.0 Å². The third-order valence-corrected chi connectivity index (χ3v) is 5.45. The number of rotatable bonds is 5. The van der Waals surface area contributed by atoms with E-state index in [0.29, 0.717) is 27.2 Å². The molecule has 1 atom stereocenters. The van der Waals surface area contributed by atoms with Crippen LogP contribution in [0.3, 0.4) is 0 Å². The first-order chi connectivity index (χ1) is 14.3. The van der Waals surface area contributed by atoms with E-state index < -0.39 is 17.8 Å². The van der Waals surface area contributed by atoms with Crippen molar-refractivity contribution in [2.75, 3.05) is 0 Å². The van der Waals surface area contributed by atoms with E-state index in [4.69, 9.17) is 33.8 Å². The van der Waals surface area contributed by atoms with Crippen LogP contribution in [0.25, 0.3) is 22.2 Å². The summed E-state index contributed by atoms with van der Waals surface area (Å²) in [6, 6.07) is 13.3. The number of hydrogen-bond acceptors (Lipinski definition) is 3. The molecule has 0 bridgehead atoms. The van der Waals surface area contributed by atoms with Crippen LogP contribution in [0.2, 0.25) is 10.0 Å². The predicted octanol–water partition coefficient (Wildman–Crippen LogP) is 5.44. The van der Waals surface area contributed by atoms with Crippen LogP contribution in [-0.2, 0) is 0 Å². The molecule has 0 spiro atoms. The van der Waals surface area contributed by atoms with E-state index in [-0.39, 0.29) is 5.02 Å². The Morgan fingerprint density at radius 3 is 2.73 bits per heavy atom. The van der Waals surface area contributed by atoms with Crippen LogP contribution < -0.4 is 10.6 Å². The lowest BCUT2D eigenvalue weighted by Crippen LogP contribution is -2.16. The zero-order valence-electron chi connectivity index (χ0n) is 15.8. The predicted molar refractivity (Wildman–Crippen MR) is 115 cm³/mol. The highest BCUT2D eigenvalue weighted by Crippen LogP contribution is 2.33. The molecule has 1 amide bonds. The standard InChI is InChI=1S/C22H16Cl2FN3O2/c1-12(20-16(23)5-6-17(25)21(20)24)30-28-8-7-18-19(28)10-15(11-27-18)13-3-2-4-14(9-13)22(26)29/h2-12H,1H3,(H2,26,29). The van der Waals surface area contributed by atoms with Gasteiger partial charge in [-0.3, -0.25) is 9.78 Å². The van der Waals surface area contributed by atoms with Crippen LogP contribution in [0.4, 0.5) is 4.39 Å². The third kappa shape index (κ3) is 3.72. The van der Waals surface area contributed by atoms with E-state index >= 15 is 0 Å². The largest absolute Gasteiger partial charge is 0.406 e. The number of hydrogen-bond donors (Lipinski definition) is 1. The topological polar surface area (TPSA) is 70.1 Å². The number of halogens is 3. The van der Waals surface area contributed by atoms with Crippen molar-refractivity contribution < 1.29 is 14.0 Å². The zero-order chi connectivity index (χ0) is 21.4. The van der Waals surface area contributed by atoms with Gasteiger partial charge in [-0.15, -0.1) is 0 Å². The Hall–Kier alpha value is -3.09. The number of carbonyl (C=O) groups excluding carboxylic acids is 1. The molecule has 0 fully saturated rings. The monoisotopic (exact) mass is 443 g/mol. The molecule has 30 heavy (non-hydrogen) atoms. The average Bonchev–Trinajstić information content (AvgIpc) is 3.13. The molecular weight excluding hydrogens is 428 g/mol. The quantitative estimate of drug-likeness (QED) is 0.417. The smallest absolute Gasteiger partial charge is 0.248 e. The minimum Gasteiger partial charge on any atom is -0.406 e. The first-order valence-corrected chi connectivity index (χ1v) is 9.78. The summed E-state index contributed by atoms with van der Waals surface area (Å²) < 4.78 is 15.4. The van der Waals surface area contributed by atoms with Gasteiger partial charge in [0, 0.05) is 34.1 Å². The van der Waals surface area contributed by atoms with Gasteiger partial charge in [-0.1, -0.05) is 35.3 Å². The normalized spacial score (nSPS) is 12.1. The van der Waals surface area contributed by atoms with Crippen molar-refractivity contribution in [2.24, 2.45) is 5.73 Å². The van der Waals surface area contributed by atoms with Crippen molar-refractivity contribution in [1.29, 1.82) is 0 Å². The Labute approximate surface area is 181 Å². The molecule has 0 saturated heterocycles. The Morgan fingerprint density at radius 1 is 1.17 bits per heavy atom. The summed E-state index contributed by atoms with van der Waals surface area (Å²) in [6.07, 6.45) is 2.79. The Bertz CT molecular complexity index is 1270. The van der Waals surface area contributed by atoms with Gasteiger partial charge >= 0.3 is 0 Å². The Balaban J connectivity index is 1.71. The van der Waals surface area contributed by atoms with E-state index in [9.17, 15) is 9.18 Å². The maximum Gasteiger partial charge on any atom is 0.248 e. The lowest BCUT2D eigenvalue weighted by molar-refractivity contribution is 0.0562. The van der Waals surface area contributed by atoms with Gasteiger partial charge in [0.15, 0.2) is 6.10 Å². The maximum absolute atomic E-state index is 13.9. The van der Waals surface area contributed by atoms with Gasteiger partial charge in [-0.05, 0) is 48.9 Å². The van der Waals surface area contributed by atoms with Gasteiger partial charge in [0.2, 0.25) is 5.91 Å². The molecule has 2 aromatic carbocycles. The Kier molecular flexibility index (Phi) is 5.37. The number of benzene rings is 2. The molecule has 0 aliphatic heterocycles. The van der Waals surface area contributed by atoms with E-state index in [0.717, 1.165) is 11.1 Å². The van der Waals surface area contributed by atoms with E-state index in [2.05, 4.69) is 4.98 Å². The molecule has 5 nitrogen and oxygen atoms in total. The van der Waals surface area contributed by atoms with Crippen LogP contribution in [0.15, 0.2) is 60.9 Å². The number of aromatic nitrogens is 2. The maximum atomic E-state index is 13.9. The fourth-order valence-corrected chi connectivity index (χ4v) is 3.91. The second kappa shape index (κ2) is 7.97. The minimum atomic E-state index is -0.627. The summed E-state index contributed by atoms with van der Waals surface area (Å²) in [5.74, 6) is -1.07. The van der Waals surface area contributed by atoms with Gasteiger partial charge in [-0.25, -0.2) is 4.39 Å². The highest BCUT2D eigenvalue weighted by atomic mass is 35.5. The van der Waals surface area contributed by atoms with Crippen molar-refractivity contribution >= 4 is 40.1 Å². The average molecular weight is 444 g/mol. The number of carbonyl (C=O) groups is 1. The number of fused-ring (bicyclic) bond motifs is 1. The molecule has 2 aromatic heterocycles. The van der Waals surface area contributed by atoms with Crippen LogP contribution in [0.5, 0.6) is 0 Å². The van der Waals surface area contributed by atoms with Gasteiger partial charge in [0.1, 0.15) is 11.3 Å². The summed E-state index contributed by atoms with van der Waals surface area (Å²) in [5, 5.41) is 0.237. The summed E-state index contributed by atoms with van der Waals surface area (Å²) in [5.41, 5.74) is 9.10. The number of amides is 1. The zero-order valence-corrected chi connectivity index (χ0v) is 17.3. The molecule has 8 heteroatoms. The van der Waals surface area contributed by atoms with Crippen molar-refractivity contribution in [3.63, 3.8) is 0 Å². The fraction of sp³-hybridized carbons (Fsp3) is 0.0909. The fourth-order valence-electron chi connectivity index (χ4n) is 3.23. The third-order valence-electron chi connectivity index (χ3n) is 4.74. The lowest BCUT2D eigenvalue weighted by Gasteiger charge is -2.19. The second-order valence-corrected chi connectivity index (χ2v) is 7.50. The Morgan fingerprint density at radius 2 is 1.97 bits per heavy atom. The van der Waals surface area contributed by atoms with Crippen molar-refractivity contribution in [3.8, 4) is 11.1 Å². The molecule has 4 rings (SSSR count). The number of nitrogens with two attached hydrogens (primary N) is 1. The lowest BCUT2D eigenvalue weighted by atomic mass is 10.0. The molecule has 152 valence electrons. The molecule has 0 aliphatic rings. The van der Waals surface area contributed by atoms with Gasteiger partial charge in [0.25, 0.3) is 0 Å². The number of pyridine rings is 1. The van der Waals surface area contributed by atoms with E-state index in [1.165, 1.54) is 16.9 Å². The molecule has 0 radical (unpaired) electrons. The van der Waals surface area contributed by atoms with Gasteiger partial charge in [-0.2, -0.15) is 4.73 Å². The number of nitrogens with zero attached hydrogens (tertiary/aromatic N) is 2. The first kappa shape index (κ1) is 20.2. The second-order valence-electron chi connectivity index (χ2n) is 6.72.